The highest BCUT2D eigenvalue weighted by molar-refractivity contribution is 7.89. The van der Waals surface area contributed by atoms with E-state index < -0.39 is 34.6 Å². The summed E-state index contributed by atoms with van der Waals surface area (Å²) in [6, 6.07) is -1.19. The number of carbonyl (C=O) groups excluding carboxylic acids is 2. The number of ether oxygens (including phenoxy) is 1. The van der Waals surface area contributed by atoms with Crippen molar-refractivity contribution in [2.24, 2.45) is 0 Å². The number of unbranched alkanes of at least 4 members (excludes halogenated alkanes) is 2. The maximum Gasteiger partial charge on any atom is 0.324 e. The normalized spacial score (nSPS) is 16.2. The fourth-order valence-corrected chi connectivity index (χ4v) is 4.00. The summed E-state index contributed by atoms with van der Waals surface area (Å²) in [5.41, 5.74) is 0.382. The number of hydrogen-bond acceptors (Lipinski definition) is 6. The average molecular weight is 437 g/mol. The molecule has 2 heterocycles. The number of carbonyl (C=O) groups is 2. The minimum atomic E-state index is -3.58. The molecule has 1 aromatic heterocycles. The first-order valence-corrected chi connectivity index (χ1v) is 10.7. The van der Waals surface area contributed by atoms with Crippen LogP contribution < -0.4 is 14.8 Å². The van der Waals surface area contributed by atoms with Gasteiger partial charge in [0.25, 0.3) is 11.9 Å². The number of halogens is 2. The number of urea groups is 1. The molecule has 1 saturated heterocycles. The number of alkyl halides is 2. The second kappa shape index (κ2) is 9.48. The third-order valence-electron chi connectivity index (χ3n) is 4.07. The highest BCUT2D eigenvalue weighted by Crippen LogP contribution is 2.17. The van der Waals surface area contributed by atoms with Gasteiger partial charge in [0.2, 0.25) is 15.9 Å². The van der Waals surface area contributed by atoms with E-state index in [0.29, 0.717) is 38.4 Å². The molecule has 3 N–H and O–H groups in total. The molecule has 13 heteroatoms. The van der Waals surface area contributed by atoms with E-state index in [-0.39, 0.29) is 24.2 Å². The zero-order valence-electron chi connectivity index (χ0n) is 16.2. The molecule has 164 valence electrons. The highest BCUT2D eigenvalue weighted by atomic mass is 32.2. The van der Waals surface area contributed by atoms with Gasteiger partial charge in [-0.05, 0) is 19.8 Å². The van der Waals surface area contributed by atoms with Crippen LogP contribution >= 0.6 is 0 Å². The van der Waals surface area contributed by atoms with Crippen LogP contribution in [0.3, 0.4) is 0 Å². The third kappa shape index (κ3) is 7.93. The summed E-state index contributed by atoms with van der Waals surface area (Å²) >= 11 is 0. The summed E-state index contributed by atoms with van der Waals surface area (Å²) in [5, 5.41) is 2.17. The Morgan fingerprint density at radius 2 is 2.07 bits per heavy atom. The second-order valence-corrected chi connectivity index (χ2v) is 8.87. The first kappa shape index (κ1) is 23.0. The lowest BCUT2D eigenvalue weighted by Gasteiger charge is -2.14. The Hall–Kier alpha value is -2.28. The van der Waals surface area contributed by atoms with Crippen LogP contribution in [0.5, 0.6) is 6.01 Å². The zero-order chi connectivity index (χ0) is 21.7. The SMILES string of the molecule is CC(NS(=O)(=O)CCCCCN1CC(=O)NC1=O)c1cnc(OCC(C)(F)F)[nH]1. The fourth-order valence-electron chi connectivity index (χ4n) is 2.63. The number of nitrogens with zero attached hydrogens (tertiary/aromatic N) is 2. The molecule has 1 aliphatic heterocycles. The molecule has 2 rings (SSSR count). The van der Waals surface area contributed by atoms with E-state index in [2.05, 4.69) is 20.0 Å². The van der Waals surface area contributed by atoms with Gasteiger partial charge in [0, 0.05) is 13.5 Å². The molecule has 1 aliphatic rings. The largest absolute Gasteiger partial charge is 0.458 e. The van der Waals surface area contributed by atoms with Gasteiger partial charge in [-0.1, -0.05) is 6.42 Å². The van der Waals surface area contributed by atoms with Crippen LogP contribution in [0.2, 0.25) is 0 Å². The van der Waals surface area contributed by atoms with Crippen molar-refractivity contribution in [1.82, 2.24) is 24.9 Å². The van der Waals surface area contributed by atoms with Crippen molar-refractivity contribution in [3.63, 3.8) is 0 Å². The van der Waals surface area contributed by atoms with Gasteiger partial charge in [0.05, 0.1) is 23.7 Å². The van der Waals surface area contributed by atoms with Crippen LogP contribution in [0.25, 0.3) is 0 Å². The van der Waals surface area contributed by atoms with E-state index in [4.69, 9.17) is 4.74 Å². The fraction of sp³-hybridized carbons (Fsp3) is 0.688. The van der Waals surface area contributed by atoms with Crippen LogP contribution in [-0.2, 0) is 14.8 Å². The Balaban J connectivity index is 1.71. The summed E-state index contributed by atoms with van der Waals surface area (Å²) in [7, 11) is -3.58. The van der Waals surface area contributed by atoms with Crippen LogP contribution in [0.4, 0.5) is 13.6 Å². The molecular weight excluding hydrogens is 412 g/mol. The molecule has 0 spiro atoms. The van der Waals surface area contributed by atoms with Crippen LogP contribution in [0, 0.1) is 0 Å². The first-order valence-electron chi connectivity index (χ1n) is 9.09. The van der Waals surface area contributed by atoms with Crippen LogP contribution in [0.1, 0.15) is 44.8 Å². The van der Waals surface area contributed by atoms with Crippen molar-refractivity contribution in [2.75, 3.05) is 25.4 Å². The zero-order valence-corrected chi connectivity index (χ0v) is 17.0. The molecule has 0 aromatic carbocycles. The minimum Gasteiger partial charge on any atom is -0.458 e. The average Bonchev–Trinajstić information content (AvgIpc) is 3.18. The number of nitrogens with one attached hydrogen (secondary N) is 3. The Morgan fingerprint density at radius 1 is 1.34 bits per heavy atom. The molecule has 3 amide bonds. The summed E-state index contributed by atoms with van der Waals surface area (Å²) < 4.78 is 57.3. The molecule has 10 nitrogen and oxygen atoms in total. The van der Waals surface area contributed by atoms with Crippen molar-refractivity contribution in [2.45, 2.75) is 45.1 Å². The maximum atomic E-state index is 12.8. The van der Waals surface area contributed by atoms with E-state index in [1.165, 1.54) is 11.1 Å². The van der Waals surface area contributed by atoms with Gasteiger partial charge < -0.3 is 14.6 Å². The van der Waals surface area contributed by atoms with E-state index in [9.17, 15) is 26.8 Å². The van der Waals surface area contributed by atoms with Gasteiger partial charge >= 0.3 is 6.03 Å². The smallest absolute Gasteiger partial charge is 0.324 e. The van der Waals surface area contributed by atoms with Gasteiger partial charge in [-0.3, -0.25) is 10.1 Å². The lowest BCUT2D eigenvalue weighted by molar-refractivity contribution is -0.118. The number of H-pyrrole nitrogens is 1. The van der Waals surface area contributed by atoms with E-state index in [0.717, 1.165) is 0 Å². The standard InChI is InChI=1S/C16H25F2N5O5S/c1-11(12-8-19-14(20-12)28-10-16(2,17)18)22-29(26,27)7-5-3-4-6-23-9-13(24)21-15(23)25/h8,11,22H,3-7,9-10H2,1-2H3,(H,19,20)(H,21,24,25). The Kier molecular flexibility index (Phi) is 7.52. The van der Waals surface area contributed by atoms with Crippen molar-refractivity contribution >= 4 is 22.0 Å². The van der Waals surface area contributed by atoms with Crippen molar-refractivity contribution in [1.29, 1.82) is 0 Å². The number of hydrogen-bond donors (Lipinski definition) is 3. The molecule has 0 aliphatic carbocycles. The Bertz CT molecular complexity index is 824. The molecule has 1 aromatic rings. The predicted molar refractivity (Wildman–Crippen MR) is 99.0 cm³/mol. The molecule has 0 bridgehead atoms. The minimum absolute atomic E-state index is 0.0297. The topological polar surface area (TPSA) is 133 Å². The molecular formula is C16H25F2N5O5S. The predicted octanol–water partition coefficient (Wildman–Crippen LogP) is 1.15. The molecule has 29 heavy (non-hydrogen) atoms. The Labute approximate surface area is 167 Å². The van der Waals surface area contributed by atoms with Gasteiger partial charge in [-0.25, -0.2) is 31.7 Å². The monoisotopic (exact) mass is 437 g/mol. The summed E-state index contributed by atoms with van der Waals surface area (Å²) in [5.74, 6) is -3.46. The number of imidazole rings is 1. The van der Waals surface area contributed by atoms with Gasteiger partial charge in [-0.15, -0.1) is 0 Å². The molecule has 1 atom stereocenters. The van der Waals surface area contributed by atoms with Gasteiger partial charge in [-0.2, -0.15) is 0 Å². The summed E-state index contributed by atoms with van der Waals surface area (Å²) in [6.45, 7) is 1.88. The third-order valence-corrected chi connectivity index (χ3v) is 5.61. The lowest BCUT2D eigenvalue weighted by Crippen LogP contribution is -2.30. The Morgan fingerprint density at radius 3 is 2.69 bits per heavy atom. The first-order chi connectivity index (χ1) is 13.5. The number of aromatic amines is 1. The van der Waals surface area contributed by atoms with Gasteiger partial charge in [0.15, 0.2) is 6.61 Å². The lowest BCUT2D eigenvalue weighted by atomic mass is 10.2. The molecule has 1 unspecified atom stereocenters. The van der Waals surface area contributed by atoms with E-state index >= 15 is 0 Å². The van der Waals surface area contributed by atoms with Gasteiger partial charge in [0.1, 0.15) is 6.54 Å². The number of amides is 3. The van der Waals surface area contributed by atoms with Crippen molar-refractivity contribution in [3.05, 3.63) is 11.9 Å². The number of sulfonamides is 1. The second-order valence-electron chi connectivity index (χ2n) is 7.00. The van der Waals surface area contributed by atoms with Crippen molar-refractivity contribution in [3.8, 4) is 6.01 Å². The molecule has 0 saturated carbocycles. The summed E-state index contributed by atoms with van der Waals surface area (Å²) in [4.78, 5) is 30.3. The summed E-state index contributed by atoms with van der Waals surface area (Å²) in [6.07, 6.45) is 2.85. The van der Waals surface area contributed by atoms with Crippen LogP contribution in [0.15, 0.2) is 6.20 Å². The van der Waals surface area contributed by atoms with Crippen molar-refractivity contribution < 1.29 is 31.5 Å². The quantitative estimate of drug-likeness (QED) is 0.332. The van der Waals surface area contributed by atoms with E-state index in [1.807, 2.05) is 0 Å². The number of aromatic nitrogens is 2. The van der Waals surface area contributed by atoms with E-state index in [1.54, 1.807) is 6.92 Å². The molecule has 0 radical (unpaired) electrons. The highest BCUT2D eigenvalue weighted by Gasteiger charge is 2.26. The number of imide groups is 1. The van der Waals surface area contributed by atoms with Crippen LogP contribution in [-0.4, -0.2) is 66.6 Å². The number of rotatable bonds is 12. The maximum absolute atomic E-state index is 12.8. The molecule has 1 fully saturated rings.